The van der Waals surface area contributed by atoms with Gasteiger partial charge in [0.1, 0.15) is 0 Å². The molecule has 0 unspecified atom stereocenters. The monoisotopic (exact) mass is 222 g/mol. The minimum absolute atomic E-state index is 0. The summed E-state index contributed by atoms with van der Waals surface area (Å²) in [5, 5.41) is 4.78. The van der Waals surface area contributed by atoms with E-state index in [1.165, 1.54) is 6.92 Å². The number of hydrogen-bond acceptors (Lipinski definition) is 2. The maximum Gasteiger partial charge on any atom is 0.221 e. The van der Waals surface area contributed by atoms with E-state index in [4.69, 9.17) is 0 Å². The van der Waals surface area contributed by atoms with Gasteiger partial charge >= 0.3 is 0 Å². The summed E-state index contributed by atoms with van der Waals surface area (Å²) in [5.41, 5.74) is 0.760. The highest BCUT2D eigenvalue weighted by Gasteiger charge is 2.01. The van der Waals surface area contributed by atoms with Gasteiger partial charge in [-0.15, -0.1) is 12.4 Å². The number of rotatable bonds is 1. The highest BCUT2D eigenvalue weighted by atomic mass is 35.5. The van der Waals surface area contributed by atoms with Crippen molar-refractivity contribution in [1.82, 2.24) is 4.98 Å². The van der Waals surface area contributed by atoms with Gasteiger partial charge in [0, 0.05) is 23.9 Å². The maximum atomic E-state index is 10.9. The Balaban J connectivity index is 0.00000112. The first-order chi connectivity index (χ1) is 6.77. The molecule has 0 aliphatic heterocycles. The fourth-order valence-corrected chi connectivity index (χ4v) is 1.41. The second-order valence-corrected chi connectivity index (χ2v) is 3.09. The molecule has 0 saturated carbocycles. The van der Waals surface area contributed by atoms with Crippen LogP contribution in [0.1, 0.15) is 6.92 Å². The van der Waals surface area contributed by atoms with Gasteiger partial charge in [-0.1, -0.05) is 24.3 Å². The summed E-state index contributed by atoms with van der Waals surface area (Å²) in [6.45, 7) is 1.49. The molecule has 3 nitrogen and oxygen atoms in total. The first-order valence-corrected chi connectivity index (χ1v) is 4.38. The zero-order chi connectivity index (χ0) is 9.97. The van der Waals surface area contributed by atoms with E-state index in [0.29, 0.717) is 0 Å². The van der Waals surface area contributed by atoms with E-state index in [0.717, 1.165) is 16.5 Å². The number of aromatic nitrogens is 1. The molecule has 1 aromatic heterocycles. The number of halogens is 1. The predicted octanol–water partition coefficient (Wildman–Crippen LogP) is 2.62. The second-order valence-electron chi connectivity index (χ2n) is 3.09. The molecule has 78 valence electrons. The van der Waals surface area contributed by atoms with Crippen molar-refractivity contribution in [2.24, 2.45) is 0 Å². The molecule has 0 radical (unpaired) electrons. The number of fused-ring (bicyclic) bond motifs is 1. The summed E-state index contributed by atoms with van der Waals surface area (Å²) >= 11 is 0. The number of amides is 1. The molecule has 0 saturated heterocycles. The number of benzene rings is 1. The number of carbonyl (C=O) groups excluding carboxylic acids is 1. The Hall–Kier alpha value is -1.61. The van der Waals surface area contributed by atoms with Crippen LogP contribution in [-0.4, -0.2) is 10.9 Å². The molecule has 0 bridgehead atoms. The third kappa shape index (κ3) is 2.44. The van der Waals surface area contributed by atoms with Crippen molar-refractivity contribution in [3.63, 3.8) is 0 Å². The van der Waals surface area contributed by atoms with Crippen molar-refractivity contribution in [3.8, 4) is 0 Å². The van der Waals surface area contributed by atoms with Crippen molar-refractivity contribution in [3.05, 3.63) is 36.7 Å². The Kier molecular flexibility index (Phi) is 3.63. The van der Waals surface area contributed by atoms with Gasteiger partial charge in [0.05, 0.1) is 11.9 Å². The molecule has 1 N–H and O–H groups in total. The SMILES string of the molecule is CC(=O)Nc1cncc2ccccc12.Cl. The lowest BCUT2D eigenvalue weighted by molar-refractivity contribution is -0.114. The molecular weight excluding hydrogens is 212 g/mol. The molecular formula is C11H11ClN2O. The zero-order valence-corrected chi connectivity index (χ0v) is 9.04. The van der Waals surface area contributed by atoms with Crippen molar-refractivity contribution in [1.29, 1.82) is 0 Å². The van der Waals surface area contributed by atoms with Crippen LogP contribution in [-0.2, 0) is 4.79 Å². The van der Waals surface area contributed by atoms with Crippen LogP contribution in [0.25, 0.3) is 10.8 Å². The number of carbonyl (C=O) groups is 1. The average molecular weight is 223 g/mol. The van der Waals surface area contributed by atoms with Gasteiger partial charge in [0.15, 0.2) is 0 Å². The van der Waals surface area contributed by atoms with Crippen molar-refractivity contribution >= 4 is 34.8 Å². The van der Waals surface area contributed by atoms with E-state index in [1.54, 1.807) is 12.4 Å². The normalized spacial score (nSPS) is 9.40. The van der Waals surface area contributed by atoms with E-state index in [-0.39, 0.29) is 18.3 Å². The summed E-state index contributed by atoms with van der Waals surface area (Å²) in [4.78, 5) is 15.0. The molecule has 0 fully saturated rings. The molecule has 1 amide bonds. The third-order valence-electron chi connectivity index (χ3n) is 1.98. The Labute approximate surface area is 93.9 Å². The Bertz CT molecular complexity index is 479. The Morgan fingerprint density at radius 1 is 1.27 bits per heavy atom. The minimum Gasteiger partial charge on any atom is -0.324 e. The van der Waals surface area contributed by atoms with E-state index in [2.05, 4.69) is 10.3 Å². The standard InChI is InChI=1S/C11H10N2O.ClH/c1-8(14)13-11-7-12-6-9-4-2-3-5-10(9)11;/h2-7H,1H3,(H,13,14);1H. The lowest BCUT2D eigenvalue weighted by Crippen LogP contribution is -2.06. The predicted molar refractivity (Wildman–Crippen MR) is 63.3 cm³/mol. The first kappa shape index (κ1) is 11.5. The molecule has 1 heterocycles. The van der Waals surface area contributed by atoms with Gasteiger partial charge in [0.25, 0.3) is 0 Å². The van der Waals surface area contributed by atoms with Gasteiger partial charge in [-0.05, 0) is 0 Å². The summed E-state index contributed by atoms with van der Waals surface area (Å²) in [7, 11) is 0. The molecule has 2 rings (SSSR count). The molecule has 0 spiro atoms. The van der Waals surface area contributed by atoms with Crippen LogP contribution in [0.3, 0.4) is 0 Å². The Morgan fingerprint density at radius 3 is 2.73 bits per heavy atom. The van der Waals surface area contributed by atoms with Crippen molar-refractivity contribution in [2.75, 3.05) is 5.32 Å². The first-order valence-electron chi connectivity index (χ1n) is 4.38. The van der Waals surface area contributed by atoms with Crippen LogP contribution in [0.4, 0.5) is 5.69 Å². The Morgan fingerprint density at radius 2 is 2.00 bits per heavy atom. The summed E-state index contributed by atoms with van der Waals surface area (Å²) in [5.74, 6) is -0.0804. The smallest absolute Gasteiger partial charge is 0.221 e. The van der Waals surface area contributed by atoms with Crippen LogP contribution >= 0.6 is 12.4 Å². The van der Waals surface area contributed by atoms with Crippen molar-refractivity contribution < 1.29 is 4.79 Å². The quantitative estimate of drug-likeness (QED) is 0.806. The van der Waals surface area contributed by atoms with E-state index in [9.17, 15) is 4.79 Å². The third-order valence-corrected chi connectivity index (χ3v) is 1.98. The molecule has 0 aliphatic carbocycles. The number of anilines is 1. The molecule has 2 aromatic rings. The van der Waals surface area contributed by atoms with E-state index < -0.39 is 0 Å². The molecule has 0 atom stereocenters. The molecule has 4 heteroatoms. The van der Waals surface area contributed by atoms with Crippen LogP contribution in [0.2, 0.25) is 0 Å². The topological polar surface area (TPSA) is 42.0 Å². The number of hydrogen-bond donors (Lipinski definition) is 1. The van der Waals surface area contributed by atoms with Crippen LogP contribution in [0.15, 0.2) is 36.7 Å². The second kappa shape index (κ2) is 4.75. The number of pyridine rings is 1. The van der Waals surface area contributed by atoms with Crippen LogP contribution < -0.4 is 5.32 Å². The summed E-state index contributed by atoms with van der Waals surface area (Å²) in [6.07, 6.45) is 3.43. The number of nitrogens with zero attached hydrogens (tertiary/aromatic N) is 1. The van der Waals surface area contributed by atoms with Crippen LogP contribution in [0, 0.1) is 0 Å². The van der Waals surface area contributed by atoms with Gasteiger partial charge in [-0.25, -0.2) is 0 Å². The largest absolute Gasteiger partial charge is 0.324 e. The highest BCUT2D eigenvalue weighted by molar-refractivity contribution is 6.00. The zero-order valence-electron chi connectivity index (χ0n) is 8.23. The van der Waals surface area contributed by atoms with Gasteiger partial charge in [0.2, 0.25) is 5.91 Å². The van der Waals surface area contributed by atoms with Gasteiger partial charge < -0.3 is 5.32 Å². The lowest BCUT2D eigenvalue weighted by atomic mass is 10.1. The van der Waals surface area contributed by atoms with Gasteiger partial charge in [-0.2, -0.15) is 0 Å². The molecule has 1 aromatic carbocycles. The lowest BCUT2D eigenvalue weighted by Gasteiger charge is -2.05. The highest BCUT2D eigenvalue weighted by Crippen LogP contribution is 2.21. The fraction of sp³-hybridized carbons (Fsp3) is 0.0909. The summed E-state index contributed by atoms with van der Waals surface area (Å²) in [6, 6.07) is 7.81. The molecule has 15 heavy (non-hydrogen) atoms. The minimum atomic E-state index is -0.0804. The van der Waals surface area contributed by atoms with Crippen LogP contribution in [0.5, 0.6) is 0 Å². The number of nitrogens with one attached hydrogen (secondary N) is 1. The van der Waals surface area contributed by atoms with E-state index in [1.807, 2.05) is 24.3 Å². The van der Waals surface area contributed by atoms with E-state index >= 15 is 0 Å². The fourth-order valence-electron chi connectivity index (χ4n) is 1.41. The average Bonchev–Trinajstić information content (AvgIpc) is 2.18. The van der Waals surface area contributed by atoms with Gasteiger partial charge in [-0.3, -0.25) is 9.78 Å². The summed E-state index contributed by atoms with van der Waals surface area (Å²) < 4.78 is 0. The molecule has 0 aliphatic rings. The van der Waals surface area contributed by atoms with Crippen molar-refractivity contribution in [2.45, 2.75) is 6.92 Å². The maximum absolute atomic E-state index is 10.9.